The monoisotopic (exact) mass is 293 g/mol. The fourth-order valence-electron chi connectivity index (χ4n) is 1.40. The molecule has 0 aromatic heterocycles. The summed E-state index contributed by atoms with van der Waals surface area (Å²) in [6, 6.07) is 7.23. The third kappa shape index (κ3) is 5.52. The summed E-state index contributed by atoms with van der Waals surface area (Å²) in [6.45, 7) is 3.73. The maximum atomic E-state index is 11.2. The Morgan fingerprint density at radius 3 is 2.48 bits per heavy atom. The van der Waals surface area contributed by atoms with Gasteiger partial charge in [0, 0.05) is 5.56 Å². The molecule has 1 aromatic rings. The van der Waals surface area contributed by atoms with Gasteiger partial charge in [-0.15, -0.1) is 0 Å². The minimum absolute atomic E-state index is 0.206. The number of nitrogens with one attached hydrogen (secondary N) is 1. The zero-order valence-corrected chi connectivity index (χ0v) is 12.5. The van der Waals surface area contributed by atoms with Gasteiger partial charge in [0.05, 0.1) is 12.8 Å². The third-order valence-corrected chi connectivity index (χ3v) is 2.61. The molecule has 1 N–H and O–H groups in total. The van der Waals surface area contributed by atoms with Crippen LogP contribution >= 0.6 is 0 Å². The molecule has 0 fully saturated rings. The Kier molecular flexibility index (Phi) is 6.73. The molecular weight excluding hydrogens is 274 g/mol. The van der Waals surface area contributed by atoms with Gasteiger partial charge in [0.1, 0.15) is 25.1 Å². The normalized spacial score (nSPS) is 11.8. The van der Waals surface area contributed by atoms with E-state index in [0.29, 0.717) is 17.1 Å². The summed E-state index contributed by atoms with van der Waals surface area (Å²) in [5.41, 5.74) is 2.62. The first-order valence-electron chi connectivity index (χ1n) is 6.26. The Labute approximate surface area is 123 Å². The van der Waals surface area contributed by atoms with E-state index in [9.17, 15) is 4.79 Å². The molecule has 1 aromatic carbocycles. The number of benzene rings is 1. The van der Waals surface area contributed by atoms with Gasteiger partial charge in [-0.1, -0.05) is 28.5 Å². The lowest BCUT2D eigenvalue weighted by Crippen LogP contribution is -2.12. The highest BCUT2D eigenvalue weighted by molar-refractivity contribution is 6.40. The smallest absolute Gasteiger partial charge is 0.411 e. The maximum Gasteiger partial charge on any atom is 0.411 e. The van der Waals surface area contributed by atoms with Crippen LogP contribution in [0.2, 0.25) is 0 Å². The first-order valence-corrected chi connectivity index (χ1v) is 6.26. The van der Waals surface area contributed by atoms with Crippen molar-refractivity contribution in [3.8, 4) is 0 Å². The van der Waals surface area contributed by atoms with Crippen molar-refractivity contribution in [3.05, 3.63) is 29.8 Å². The second kappa shape index (κ2) is 8.57. The van der Waals surface area contributed by atoms with Gasteiger partial charge in [-0.3, -0.25) is 5.32 Å². The van der Waals surface area contributed by atoms with Gasteiger partial charge < -0.3 is 14.4 Å². The molecule has 0 aliphatic carbocycles. The van der Waals surface area contributed by atoms with Crippen LogP contribution in [0.5, 0.6) is 0 Å². The van der Waals surface area contributed by atoms with E-state index in [4.69, 9.17) is 4.84 Å². The van der Waals surface area contributed by atoms with E-state index in [1.54, 1.807) is 26.0 Å². The van der Waals surface area contributed by atoms with E-state index in [1.807, 2.05) is 12.1 Å². The standard InChI is InChI=1S/C14H19N3O4/c1-10(16-20-4)11(2)17-21-9-12-7-5-6-8-13(12)15-14(18)19-3/h5-8H,9H2,1-4H3,(H,15,18). The van der Waals surface area contributed by atoms with Crippen LogP contribution in [-0.2, 0) is 21.0 Å². The number of para-hydroxylation sites is 1. The first-order chi connectivity index (χ1) is 10.1. The van der Waals surface area contributed by atoms with Crippen molar-refractivity contribution in [1.82, 2.24) is 0 Å². The molecule has 0 spiro atoms. The third-order valence-electron chi connectivity index (χ3n) is 2.61. The Morgan fingerprint density at radius 2 is 1.81 bits per heavy atom. The Balaban J connectivity index is 2.69. The fourth-order valence-corrected chi connectivity index (χ4v) is 1.40. The van der Waals surface area contributed by atoms with Crippen molar-refractivity contribution >= 4 is 23.2 Å². The van der Waals surface area contributed by atoms with Crippen LogP contribution in [-0.4, -0.2) is 31.7 Å². The van der Waals surface area contributed by atoms with Crippen LogP contribution in [0.3, 0.4) is 0 Å². The number of carbonyl (C=O) groups excluding carboxylic acids is 1. The molecule has 0 saturated carbocycles. The molecule has 7 heteroatoms. The summed E-state index contributed by atoms with van der Waals surface area (Å²) in [6.07, 6.45) is -0.537. The molecule has 0 bridgehead atoms. The number of ether oxygens (including phenoxy) is 1. The van der Waals surface area contributed by atoms with Crippen molar-refractivity contribution in [2.24, 2.45) is 10.3 Å². The van der Waals surface area contributed by atoms with E-state index in [1.165, 1.54) is 14.2 Å². The highest BCUT2D eigenvalue weighted by atomic mass is 16.6. The predicted octanol–water partition coefficient (Wildman–Crippen LogP) is 2.78. The van der Waals surface area contributed by atoms with Gasteiger partial charge in [-0.2, -0.15) is 0 Å². The number of carbonyl (C=O) groups is 1. The van der Waals surface area contributed by atoms with Crippen LogP contribution in [0.1, 0.15) is 19.4 Å². The molecule has 0 radical (unpaired) electrons. The number of oxime groups is 2. The van der Waals surface area contributed by atoms with Gasteiger partial charge >= 0.3 is 6.09 Å². The lowest BCUT2D eigenvalue weighted by atomic mass is 10.2. The number of hydrogen-bond donors (Lipinski definition) is 1. The van der Waals surface area contributed by atoms with Gasteiger partial charge in [0.25, 0.3) is 0 Å². The number of anilines is 1. The van der Waals surface area contributed by atoms with Gasteiger partial charge in [0.15, 0.2) is 0 Å². The van der Waals surface area contributed by atoms with Crippen molar-refractivity contribution in [1.29, 1.82) is 0 Å². The van der Waals surface area contributed by atoms with E-state index < -0.39 is 6.09 Å². The zero-order chi connectivity index (χ0) is 15.7. The minimum atomic E-state index is -0.537. The average molecular weight is 293 g/mol. The number of hydrogen-bond acceptors (Lipinski definition) is 6. The summed E-state index contributed by atoms with van der Waals surface area (Å²) in [7, 11) is 2.77. The molecule has 1 rings (SSSR count). The summed E-state index contributed by atoms with van der Waals surface area (Å²) in [4.78, 5) is 21.2. The lowest BCUT2D eigenvalue weighted by molar-refractivity contribution is 0.131. The molecule has 0 atom stereocenters. The summed E-state index contributed by atoms with van der Waals surface area (Å²) < 4.78 is 4.56. The van der Waals surface area contributed by atoms with E-state index in [2.05, 4.69) is 25.2 Å². The lowest BCUT2D eigenvalue weighted by Gasteiger charge is -2.09. The number of methoxy groups -OCH3 is 1. The molecule has 21 heavy (non-hydrogen) atoms. The molecule has 0 aliphatic heterocycles. The fraction of sp³-hybridized carbons (Fsp3) is 0.357. The van der Waals surface area contributed by atoms with Crippen molar-refractivity contribution in [2.75, 3.05) is 19.5 Å². The van der Waals surface area contributed by atoms with Crippen molar-refractivity contribution < 1.29 is 19.2 Å². The van der Waals surface area contributed by atoms with E-state index >= 15 is 0 Å². The average Bonchev–Trinajstić information content (AvgIpc) is 2.48. The second-order valence-corrected chi connectivity index (χ2v) is 4.08. The first kappa shape index (κ1) is 16.5. The summed E-state index contributed by atoms with van der Waals surface area (Å²) in [5.74, 6) is 0. The van der Waals surface area contributed by atoms with Crippen LogP contribution in [0.15, 0.2) is 34.6 Å². The Bertz CT molecular complexity index is 541. The number of rotatable bonds is 6. The molecule has 7 nitrogen and oxygen atoms in total. The van der Waals surface area contributed by atoms with E-state index in [0.717, 1.165) is 5.56 Å². The van der Waals surface area contributed by atoms with E-state index in [-0.39, 0.29) is 6.61 Å². The molecule has 114 valence electrons. The number of nitrogens with zero attached hydrogens (tertiary/aromatic N) is 2. The maximum absolute atomic E-state index is 11.2. The Hall–Kier alpha value is -2.57. The van der Waals surface area contributed by atoms with Crippen LogP contribution in [0.25, 0.3) is 0 Å². The highest BCUT2D eigenvalue weighted by Gasteiger charge is 2.06. The van der Waals surface area contributed by atoms with Gasteiger partial charge in [-0.25, -0.2) is 4.79 Å². The molecule has 0 unspecified atom stereocenters. The highest BCUT2D eigenvalue weighted by Crippen LogP contribution is 2.16. The minimum Gasteiger partial charge on any atom is -0.453 e. The molecule has 1 amide bonds. The number of amides is 1. The zero-order valence-electron chi connectivity index (χ0n) is 12.5. The van der Waals surface area contributed by atoms with Gasteiger partial charge in [-0.05, 0) is 19.9 Å². The topological polar surface area (TPSA) is 81.5 Å². The molecule has 0 saturated heterocycles. The van der Waals surface area contributed by atoms with Crippen LogP contribution in [0.4, 0.5) is 10.5 Å². The molecule has 0 aliphatic rings. The van der Waals surface area contributed by atoms with Crippen LogP contribution < -0.4 is 5.32 Å². The van der Waals surface area contributed by atoms with Crippen molar-refractivity contribution in [2.45, 2.75) is 20.5 Å². The second-order valence-electron chi connectivity index (χ2n) is 4.08. The predicted molar refractivity (Wildman–Crippen MR) is 80.5 cm³/mol. The quantitative estimate of drug-likeness (QED) is 0.646. The molecular formula is C14H19N3O4. The summed E-state index contributed by atoms with van der Waals surface area (Å²) in [5, 5.41) is 10.3. The van der Waals surface area contributed by atoms with Crippen LogP contribution in [0, 0.1) is 0 Å². The summed E-state index contributed by atoms with van der Waals surface area (Å²) >= 11 is 0. The molecule has 0 heterocycles. The largest absolute Gasteiger partial charge is 0.453 e. The van der Waals surface area contributed by atoms with Crippen molar-refractivity contribution in [3.63, 3.8) is 0 Å². The van der Waals surface area contributed by atoms with Gasteiger partial charge in [0.2, 0.25) is 0 Å². The SMILES string of the molecule is CON=C(C)C(C)=NOCc1ccccc1NC(=O)OC. The Morgan fingerprint density at radius 1 is 1.14 bits per heavy atom.